The van der Waals surface area contributed by atoms with Crippen molar-refractivity contribution >= 4 is 137 Å². The van der Waals surface area contributed by atoms with Crippen molar-refractivity contribution in [3.05, 3.63) is 82.9 Å². The number of amides is 8. The number of hydrogen-bond acceptors (Lipinski definition) is 25. The Labute approximate surface area is 715 Å². The van der Waals surface area contributed by atoms with Gasteiger partial charge in [0.2, 0.25) is 35.4 Å². The van der Waals surface area contributed by atoms with E-state index in [-0.39, 0.29) is 89.8 Å². The molecular formula is C85H111BrN12O20S2. The number of alkyl halides is 1. The van der Waals surface area contributed by atoms with Gasteiger partial charge in [-0.3, -0.25) is 33.6 Å². The maximum Gasteiger partial charge on any atom is 0.408 e. The number of thiazole rings is 1. The molecular weight excluding hydrogens is 1650 g/mol. The molecule has 13 rings (SSSR count). The molecule has 120 heavy (non-hydrogen) atoms. The molecule has 0 bridgehead atoms. The van der Waals surface area contributed by atoms with Crippen LogP contribution in [-0.4, -0.2) is 213 Å². The van der Waals surface area contributed by atoms with E-state index in [0.29, 0.717) is 99.8 Å². The van der Waals surface area contributed by atoms with Crippen LogP contribution in [0.4, 0.5) is 14.7 Å². The lowest BCUT2D eigenvalue weighted by molar-refractivity contribution is -0.148. The molecule has 4 saturated carbocycles. The third-order valence-electron chi connectivity index (χ3n) is 22.4. The number of carbonyl (C=O) groups excluding carboxylic acids is 11. The minimum Gasteiger partial charge on any atom is -0.496 e. The number of aryl methyl sites for hydroxylation is 2. The molecule has 3 aromatic heterocycles. The maximum atomic E-state index is 14.6. The third-order valence-corrected chi connectivity index (χ3v) is 23.8. The molecule has 5 aromatic rings. The zero-order chi connectivity index (χ0) is 86.7. The first-order valence-electron chi connectivity index (χ1n) is 41.0. The van der Waals surface area contributed by atoms with Crippen LogP contribution in [0.1, 0.15) is 191 Å². The van der Waals surface area contributed by atoms with E-state index in [0.717, 1.165) is 101 Å². The predicted octanol–water partition coefficient (Wildman–Crippen LogP) is 10.4. The summed E-state index contributed by atoms with van der Waals surface area (Å²) >= 11 is 8.82. The number of rotatable bonds is 16. The van der Waals surface area contributed by atoms with Gasteiger partial charge < -0.3 is 90.4 Å². The second-order valence-corrected chi connectivity index (χ2v) is 33.5. The number of carbonyl (C=O) groups is 11. The smallest absolute Gasteiger partial charge is 0.408 e. The molecule has 7 heterocycles. The second-order valence-electron chi connectivity index (χ2n) is 31.6. The highest BCUT2D eigenvalue weighted by Gasteiger charge is 2.63. The minimum absolute atomic E-state index is 0.0159. The van der Waals surface area contributed by atoms with Gasteiger partial charge in [-0.15, -0.1) is 11.3 Å². The number of hydrogen-bond donors (Lipinski definition) is 8. The molecule has 0 radical (unpaired) electrons. The second kappa shape index (κ2) is 42.4. The van der Waals surface area contributed by atoms with E-state index in [4.69, 9.17) is 53.7 Å². The Morgan fingerprint density at radius 2 is 1.05 bits per heavy atom. The van der Waals surface area contributed by atoms with Crippen LogP contribution in [0, 0.1) is 25.7 Å². The molecule has 6 fully saturated rings. The molecule has 650 valence electrons. The molecule has 2 unspecified atom stereocenters. The molecule has 4 aliphatic heterocycles. The number of pyridine rings is 2. The topological polar surface area (TPSA) is 425 Å². The third kappa shape index (κ3) is 23.5. The van der Waals surface area contributed by atoms with Gasteiger partial charge in [0.1, 0.15) is 94.0 Å². The summed E-state index contributed by atoms with van der Waals surface area (Å²) in [6.45, 7) is 9.98. The number of ether oxygens (including phenoxy) is 8. The zero-order valence-corrected chi connectivity index (χ0v) is 72.8. The summed E-state index contributed by atoms with van der Waals surface area (Å²) in [5, 5.41) is 28.1. The molecule has 8 aliphatic rings. The quantitative estimate of drug-likeness (QED) is 0.0114. The van der Waals surface area contributed by atoms with E-state index in [9.17, 15) is 52.7 Å². The van der Waals surface area contributed by atoms with Crippen LogP contribution >= 0.6 is 39.5 Å². The molecule has 0 spiro atoms. The Bertz CT molecular complexity index is 4650. The highest BCUT2D eigenvalue weighted by molar-refractivity contribution is 9.09. The van der Waals surface area contributed by atoms with E-state index >= 15 is 0 Å². The number of nitrogens with zero attached hydrogens (tertiary/aromatic N) is 5. The summed E-state index contributed by atoms with van der Waals surface area (Å²) in [6, 6.07) is 6.67. The Morgan fingerprint density at radius 1 is 0.608 bits per heavy atom. The zero-order valence-electron chi connectivity index (χ0n) is 69.6. The SMILES string of the molecule is CC(=O)NC(N)=S.CC(C)O.COC(=O)[C@@]12CC1/C=C\CCCCC[C@H](NC(=O)OC1CCCC1)C(=O)N1C[C@H](Oc3cc(-c4csc(NC(C)=O)n4)nc4c(C)c(OC)ccc34)C[C@H]1C(=O)N2.COC(=O)[C@@]12CC1/C=C\CCCCC[C@H](NC(=O)OC1CCCC1)C(=O)N1C[C@H](Oc3cc(C(=O)CBr)nc4c(C)c(OC)ccc34)C[C@H]1C(=O)N2. The highest BCUT2D eigenvalue weighted by Crippen LogP contribution is 2.48. The van der Waals surface area contributed by atoms with Gasteiger partial charge in [-0.2, -0.15) is 0 Å². The van der Waals surface area contributed by atoms with E-state index in [2.05, 4.69) is 70.0 Å². The Hall–Kier alpha value is -10.1. The number of aliphatic hydroxyl groups excluding tert-OH is 1. The summed E-state index contributed by atoms with van der Waals surface area (Å²) in [5.74, 6) is -2.13. The van der Waals surface area contributed by atoms with Gasteiger partial charge in [0, 0.05) is 84.0 Å². The van der Waals surface area contributed by atoms with Gasteiger partial charge in [-0.25, -0.2) is 34.1 Å². The van der Waals surface area contributed by atoms with Crippen molar-refractivity contribution in [2.75, 3.05) is 52.2 Å². The molecule has 32 nitrogen and oxygen atoms in total. The number of esters is 2. The van der Waals surface area contributed by atoms with Crippen molar-refractivity contribution in [3.8, 4) is 34.4 Å². The number of halogens is 1. The lowest BCUT2D eigenvalue weighted by Gasteiger charge is -2.29. The van der Waals surface area contributed by atoms with Crippen LogP contribution in [-0.2, 0) is 57.3 Å². The normalized spacial score (nSPS) is 24.9. The fourth-order valence-electron chi connectivity index (χ4n) is 16.2. The van der Waals surface area contributed by atoms with E-state index in [1.165, 1.54) is 49.2 Å². The van der Waals surface area contributed by atoms with Gasteiger partial charge >= 0.3 is 24.1 Å². The lowest BCUT2D eigenvalue weighted by atomic mass is 10.0. The molecule has 9 N–H and O–H groups in total. The average Bonchev–Trinajstić information content (AvgIpc) is 1.56. The van der Waals surface area contributed by atoms with Crippen molar-refractivity contribution in [2.45, 2.75) is 249 Å². The van der Waals surface area contributed by atoms with Crippen LogP contribution in [0.15, 0.2) is 66.1 Å². The Kier molecular flexibility index (Phi) is 32.6. The number of aliphatic hydroxyl groups is 1. The predicted molar refractivity (Wildman–Crippen MR) is 454 cm³/mol. The fraction of sp³-hybridized carbons (Fsp3) is 0.565. The van der Waals surface area contributed by atoms with Crippen LogP contribution in [0.25, 0.3) is 33.2 Å². The lowest BCUT2D eigenvalue weighted by Crippen LogP contribution is -2.56. The number of fused-ring (bicyclic) bond motifs is 6. The van der Waals surface area contributed by atoms with Gasteiger partial charge in [-0.05, 0) is 167 Å². The van der Waals surface area contributed by atoms with Gasteiger partial charge in [0.05, 0.1) is 63.6 Å². The Morgan fingerprint density at radius 3 is 1.46 bits per heavy atom. The summed E-state index contributed by atoms with van der Waals surface area (Å²) in [4.78, 5) is 162. The number of nitrogens with two attached hydrogens (primary N) is 1. The first-order valence-corrected chi connectivity index (χ1v) is 43.4. The summed E-state index contributed by atoms with van der Waals surface area (Å²) < 4.78 is 46.1. The number of thiocarbonyl (C=S) groups is 1. The first kappa shape index (κ1) is 92.2. The monoisotopic (exact) mass is 1760 g/mol. The number of allylic oxidation sites excluding steroid dienone is 2. The van der Waals surface area contributed by atoms with Crippen molar-refractivity contribution in [1.29, 1.82) is 0 Å². The van der Waals surface area contributed by atoms with E-state index in [1.54, 1.807) is 57.7 Å². The number of aromatic nitrogens is 3. The minimum atomic E-state index is -1.24. The standard InChI is InChI=1S/C41H50N6O9S.C38H47BrN4O9.C3H6N2OS.C3H8O/c1-23-33(53-3)17-16-28-34(19-30(43-35(23)28)31-22-57-39(44-31)42-24(2)48)55-27-18-32-36(49)46-41(38(51)54-4)20-25(41)12-8-6-5-7-9-15-29(37(50)47(32)21-27)45-40(52)56-26-13-10-11-14-26;1-22-31(49-2)16-15-26-32(18-28(30(44)20-39)40-33(22)26)51-25-17-29-34(45)42-38(36(47)50-3)19-23(38)11-7-5-4-6-8-14-27(35(46)43(29)21-25)41-37(48)52-24-12-9-10-13-24;1-2(6)5-3(4)7;1-3(2)4/h8,12,16-17,19,22,25-27,29,32H,5-7,9-11,13-15,18,20-21H2,1-4H3,(H,45,52)(H,46,49)(H,42,44,48);7,11,15-16,18,23-25,27,29H,4-6,8-10,12-14,17,19-21H2,1-3H3,(H,41,48)(H,42,45);1H3,(H3,4,5,6,7);3-4H,1-2H3/b12-8-;11-7-;;/t25?,27-,29+,32+,41-;23?,25-,27+,29+,38-;;/m11../s1. The Balaban J connectivity index is 0.000000225. The molecule has 8 amide bonds. The molecule has 4 aliphatic carbocycles. The molecule has 2 saturated heterocycles. The van der Waals surface area contributed by atoms with Crippen LogP contribution in [0.5, 0.6) is 23.0 Å². The number of Topliss-reactive ketones (excluding diaryl/α,β-unsaturated/α-hetero) is 1. The van der Waals surface area contributed by atoms with E-state index < -0.39 is 95.2 Å². The van der Waals surface area contributed by atoms with Crippen molar-refractivity contribution < 1.29 is 95.7 Å². The number of alkyl carbamates (subject to hydrolysis) is 2. The number of benzene rings is 2. The summed E-state index contributed by atoms with van der Waals surface area (Å²) in [7, 11) is 5.73. The van der Waals surface area contributed by atoms with Gasteiger partial charge in [-0.1, -0.05) is 65.9 Å². The van der Waals surface area contributed by atoms with Crippen LogP contribution < -0.4 is 56.6 Å². The molecule has 35 heteroatoms. The van der Waals surface area contributed by atoms with Gasteiger partial charge in [0.25, 0.3) is 0 Å². The number of anilines is 1. The maximum absolute atomic E-state index is 14.6. The van der Waals surface area contributed by atoms with Crippen LogP contribution in [0.2, 0.25) is 0 Å². The molecule has 2 aromatic carbocycles. The number of ketones is 1. The average molecular weight is 1760 g/mol. The highest BCUT2D eigenvalue weighted by atomic mass is 79.9. The van der Waals surface area contributed by atoms with Gasteiger partial charge in [0.15, 0.2) is 16.0 Å². The number of nitrogens with one attached hydrogen (secondary N) is 6. The fourth-order valence-corrected chi connectivity index (χ4v) is 17.4. The van der Waals surface area contributed by atoms with Crippen molar-refractivity contribution in [3.63, 3.8) is 0 Å². The number of methoxy groups -OCH3 is 4. The largest absolute Gasteiger partial charge is 0.496 e. The van der Waals surface area contributed by atoms with Crippen molar-refractivity contribution in [2.24, 2.45) is 17.6 Å². The molecule has 10 atom stereocenters. The summed E-state index contributed by atoms with van der Waals surface area (Å²) in [5.41, 5.74) is 6.24. The van der Waals surface area contributed by atoms with Crippen LogP contribution in [0.3, 0.4) is 0 Å². The van der Waals surface area contributed by atoms with Crippen molar-refractivity contribution in [1.82, 2.24) is 51.3 Å². The van der Waals surface area contributed by atoms with E-state index in [1.807, 2.05) is 50.3 Å². The summed E-state index contributed by atoms with van der Waals surface area (Å²) in [6.07, 6.45) is 19.8. The first-order chi connectivity index (χ1) is 57.4.